The normalized spacial score (nSPS) is 10.4. The van der Waals surface area contributed by atoms with Crippen LogP contribution in [0, 0.1) is 0 Å². The van der Waals surface area contributed by atoms with Crippen LogP contribution < -0.4 is 10.5 Å². The van der Waals surface area contributed by atoms with Crippen molar-refractivity contribution in [3.8, 4) is 5.88 Å². The van der Waals surface area contributed by atoms with Gasteiger partial charge in [0.15, 0.2) is 0 Å². The van der Waals surface area contributed by atoms with E-state index in [-0.39, 0.29) is 0 Å². The molecular weight excluding hydrogens is 228 g/mol. The van der Waals surface area contributed by atoms with Crippen molar-refractivity contribution in [2.24, 2.45) is 5.73 Å². The predicted molar refractivity (Wildman–Crippen MR) is 60.2 cm³/mol. The summed E-state index contributed by atoms with van der Waals surface area (Å²) in [5, 5.41) is 0.453. The van der Waals surface area contributed by atoms with Gasteiger partial charge >= 0.3 is 0 Å². The van der Waals surface area contributed by atoms with E-state index in [2.05, 4.69) is 4.98 Å². The average molecular weight is 239 g/mol. The minimum atomic E-state index is 0.307. The van der Waals surface area contributed by atoms with E-state index in [0.29, 0.717) is 24.1 Å². The van der Waals surface area contributed by atoms with Gasteiger partial charge in [-0.05, 0) is 23.8 Å². The second-order valence-corrected chi connectivity index (χ2v) is 3.61. The molecule has 2 heterocycles. The minimum absolute atomic E-state index is 0.307. The van der Waals surface area contributed by atoms with Gasteiger partial charge in [-0.1, -0.05) is 11.6 Å². The topological polar surface area (TPSA) is 61.3 Å². The number of pyridine rings is 1. The Balaban J connectivity index is 2.04. The lowest BCUT2D eigenvalue weighted by Gasteiger charge is -2.06. The van der Waals surface area contributed by atoms with Crippen LogP contribution in [0.4, 0.5) is 0 Å². The molecule has 0 saturated carbocycles. The molecule has 2 aromatic heterocycles. The Hall–Kier alpha value is -1.52. The fourth-order valence-corrected chi connectivity index (χ4v) is 1.46. The maximum absolute atomic E-state index is 5.97. The number of halogens is 1. The SMILES string of the molecule is NCc1cnc(OCc2ccco2)c(Cl)c1. The summed E-state index contributed by atoms with van der Waals surface area (Å²) in [7, 11) is 0. The molecule has 0 aromatic carbocycles. The monoisotopic (exact) mass is 238 g/mol. The molecule has 0 aliphatic rings. The molecule has 0 radical (unpaired) electrons. The summed E-state index contributed by atoms with van der Waals surface area (Å²) in [6, 6.07) is 5.36. The quantitative estimate of drug-likeness (QED) is 0.888. The summed E-state index contributed by atoms with van der Waals surface area (Å²) < 4.78 is 10.5. The molecule has 0 aliphatic heterocycles. The molecule has 5 heteroatoms. The van der Waals surface area contributed by atoms with Crippen LogP contribution in [-0.4, -0.2) is 4.98 Å². The Labute approximate surface area is 98.0 Å². The van der Waals surface area contributed by atoms with Gasteiger partial charge in [-0.25, -0.2) is 4.98 Å². The van der Waals surface area contributed by atoms with Crippen LogP contribution in [0.15, 0.2) is 35.1 Å². The molecule has 0 bridgehead atoms. The number of nitrogens with two attached hydrogens (primary N) is 1. The third-order valence-corrected chi connectivity index (χ3v) is 2.30. The summed E-state index contributed by atoms with van der Waals surface area (Å²) in [6.45, 7) is 0.715. The van der Waals surface area contributed by atoms with Gasteiger partial charge < -0.3 is 14.9 Å². The number of nitrogens with zero attached hydrogens (tertiary/aromatic N) is 1. The molecule has 16 heavy (non-hydrogen) atoms. The summed E-state index contributed by atoms with van der Waals surface area (Å²) in [4.78, 5) is 4.07. The number of hydrogen-bond acceptors (Lipinski definition) is 4. The maximum atomic E-state index is 5.97. The number of furan rings is 1. The van der Waals surface area contributed by atoms with Gasteiger partial charge in [-0.3, -0.25) is 0 Å². The van der Waals surface area contributed by atoms with E-state index in [1.165, 1.54) is 0 Å². The van der Waals surface area contributed by atoms with Gasteiger partial charge in [0.25, 0.3) is 0 Å². The smallest absolute Gasteiger partial charge is 0.233 e. The molecular formula is C11H11ClN2O2. The van der Waals surface area contributed by atoms with Crippen LogP contribution in [0.1, 0.15) is 11.3 Å². The molecule has 0 unspecified atom stereocenters. The van der Waals surface area contributed by atoms with Gasteiger partial charge in [0.1, 0.15) is 17.4 Å². The van der Waals surface area contributed by atoms with Crippen LogP contribution in [0.25, 0.3) is 0 Å². The first-order valence-corrected chi connectivity index (χ1v) is 5.17. The number of hydrogen-bond donors (Lipinski definition) is 1. The van der Waals surface area contributed by atoms with Crippen LogP contribution in [0.5, 0.6) is 5.88 Å². The summed E-state index contributed by atoms with van der Waals surface area (Å²) >= 11 is 5.97. The van der Waals surface area contributed by atoms with E-state index in [1.54, 1.807) is 24.6 Å². The van der Waals surface area contributed by atoms with Gasteiger partial charge in [-0.15, -0.1) is 0 Å². The van der Waals surface area contributed by atoms with E-state index < -0.39 is 0 Å². The molecule has 0 saturated heterocycles. The van der Waals surface area contributed by atoms with Crippen molar-refractivity contribution in [3.05, 3.63) is 47.0 Å². The summed E-state index contributed by atoms with van der Waals surface area (Å²) in [6.07, 6.45) is 3.23. The molecule has 2 N–H and O–H groups in total. The highest BCUT2D eigenvalue weighted by Crippen LogP contribution is 2.23. The first-order valence-electron chi connectivity index (χ1n) is 4.79. The lowest BCUT2D eigenvalue weighted by molar-refractivity contribution is 0.260. The highest BCUT2D eigenvalue weighted by atomic mass is 35.5. The van der Waals surface area contributed by atoms with Crippen LogP contribution in [0.2, 0.25) is 5.02 Å². The number of aromatic nitrogens is 1. The maximum Gasteiger partial charge on any atom is 0.233 e. The van der Waals surface area contributed by atoms with Crippen molar-refractivity contribution < 1.29 is 9.15 Å². The van der Waals surface area contributed by atoms with E-state index in [0.717, 1.165) is 11.3 Å². The zero-order valence-corrected chi connectivity index (χ0v) is 9.28. The van der Waals surface area contributed by atoms with Crippen LogP contribution >= 0.6 is 11.6 Å². The first kappa shape index (κ1) is 11.0. The second-order valence-electron chi connectivity index (χ2n) is 3.20. The molecule has 0 spiro atoms. The summed E-state index contributed by atoms with van der Waals surface area (Å²) in [5.41, 5.74) is 6.34. The van der Waals surface area contributed by atoms with Gasteiger partial charge in [-0.2, -0.15) is 0 Å². The molecule has 0 atom stereocenters. The van der Waals surface area contributed by atoms with Crippen LogP contribution in [-0.2, 0) is 13.2 Å². The fourth-order valence-electron chi connectivity index (χ4n) is 1.22. The van der Waals surface area contributed by atoms with E-state index in [4.69, 9.17) is 26.5 Å². The molecule has 84 valence electrons. The third-order valence-electron chi connectivity index (χ3n) is 2.03. The highest BCUT2D eigenvalue weighted by Gasteiger charge is 2.05. The van der Waals surface area contributed by atoms with Crippen molar-refractivity contribution in [1.29, 1.82) is 0 Å². The van der Waals surface area contributed by atoms with Crippen molar-refractivity contribution in [2.45, 2.75) is 13.2 Å². The third kappa shape index (κ3) is 2.53. The zero-order valence-electron chi connectivity index (χ0n) is 8.52. The van der Waals surface area contributed by atoms with Crippen molar-refractivity contribution >= 4 is 11.6 Å². The fraction of sp³-hybridized carbons (Fsp3) is 0.182. The summed E-state index contributed by atoms with van der Waals surface area (Å²) in [5.74, 6) is 1.11. The molecule has 4 nitrogen and oxygen atoms in total. The van der Waals surface area contributed by atoms with Gasteiger partial charge in [0.05, 0.1) is 6.26 Å². The molecule has 0 fully saturated rings. The lowest BCUT2D eigenvalue weighted by atomic mass is 10.3. The number of ether oxygens (including phenoxy) is 1. The largest absolute Gasteiger partial charge is 0.468 e. The van der Waals surface area contributed by atoms with Gasteiger partial charge in [0, 0.05) is 12.7 Å². The van der Waals surface area contributed by atoms with Crippen molar-refractivity contribution in [1.82, 2.24) is 4.98 Å². The van der Waals surface area contributed by atoms with E-state index >= 15 is 0 Å². The first-order chi connectivity index (χ1) is 7.79. The second kappa shape index (κ2) is 5.01. The minimum Gasteiger partial charge on any atom is -0.468 e. The van der Waals surface area contributed by atoms with Gasteiger partial charge in [0.2, 0.25) is 5.88 Å². The Kier molecular flexibility index (Phi) is 3.44. The lowest BCUT2D eigenvalue weighted by Crippen LogP contribution is -2.00. The standard InChI is InChI=1S/C11H11ClN2O2/c12-10-4-8(5-13)6-14-11(10)16-7-9-2-1-3-15-9/h1-4,6H,5,7,13H2. The van der Waals surface area contributed by atoms with Crippen molar-refractivity contribution in [3.63, 3.8) is 0 Å². The molecule has 0 amide bonds. The molecule has 2 rings (SSSR count). The number of rotatable bonds is 4. The Morgan fingerprint density at radius 1 is 1.50 bits per heavy atom. The highest BCUT2D eigenvalue weighted by molar-refractivity contribution is 6.31. The van der Waals surface area contributed by atoms with Crippen LogP contribution in [0.3, 0.4) is 0 Å². The Morgan fingerprint density at radius 3 is 3.00 bits per heavy atom. The van der Waals surface area contributed by atoms with E-state index in [9.17, 15) is 0 Å². The molecule has 2 aromatic rings. The zero-order chi connectivity index (χ0) is 11.4. The Bertz CT molecular complexity index is 457. The van der Waals surface area contributed by atoms with E-state index in [1.807, 2.05) is 6.07 Å². The average Bonchev–Trinajstić information content (AvgIpc) is 2.80. The van der Waals surface area contributed by atoms with Crippen molar-refractivity contribution in [2.75, 3.05) is 0 Å². The Morgan fingerprint density at radius 2 is 2.38 bits per heavy atom. The predicted octanol–water partition coefficient (Wildman–Crippen LogP) is 2.37. The molecule has 0 aliphatic carbocycles.